The molecule has 1 atom stereocenters. The molecule has 0 unspecified atom stereocenters. The first-order valence-corrected chi connectivity index (χ1v) is 12.9. The summed E-state index contributed by atoms with van der Waals surface area (Å²) >= 11 is 5.49. The van der Waals surface area contributed by atoms with Gasteiger partial charge in [-0.2, -0.15) is 0 Å². The predicted molar refractivity (Wildman–Crippen MR) is 148 cm³/mol. The molecule has 0 aliphatic heterocycles. The minimum absolute atomic E-state index is 0.279. The van der Waals surface area contributed by atoms with Gasteiger partial charge in [0.2, 0.25) is 0 Å². The smallest absolute Gasteiger partial charge is 0.160 e. The topological polar surface area (TPSA) is 25.8 Å². The van der Waals surface area contributed by atoms with Crippen LogP contribution in [0.25, 0.3) is 44.3 Å². The minimum atomic E-state index is 0.279. The van der Waals surface area contributed by atoms with Crippen molar-refractivity contribution in [2.24, 2.45) is 5.92 Å². The molecule has 0 N–H and O–H groups in total. The molecule has 3 aromatic carbocycles. The molecule has 0 radical (unpaired) electrons. The zero-order valence-electron chi connectivity index (χ0n) is 18.6. The number of fused-ring (bicyclic) bond motifs is 3. The highest BCUT2D eigenvalue weighted by Crippen LogP contribution is 2.42. The van der Waals surface area contributed by atoms with Crippen molar-refractivity contribution in [2.75, 3.05) is 0 Å². The van der Waals surface area contributed by atoms with Crippen LogP contribution in [0.5, 0.6) is 0 Å². The Hall–Kier alpha value is -3.34. The van der Waals surface area contributed by atoms with Crippen LogP contribution < -0.4 is 0 Å². The number of halogens is 1. The molecule has 5 aromatic rings. The maximum Gasteiger partial charge on any atom is 0.160 e. The summed E-state index contributed by atoms with van der Waals surface area (Å²) in [6, 6.07) is 29.3. The predicted octanol–water partition coefficient (Wildman–Crippen LogP) is 8.88. The van der Waals surface area contributed by atoms with Crippen LogP contribution in [0, 0.1) is 5.92 Å². The third-order valence-electron chi connectivity index (χ3n) is 6.03. The standard InChI is InChI=1S/C30H21BrN2S/c1-19-12-14-28-29(23-17-22(31)13-15-27(23)34-28)24(16-19)30-32-25(20-8-4-2-5-9-20)18-26(33-30)21-10-6-3-7-11-21/h2-19H,1H3/t19-/m0/s1. The molecule has 0 spiro atoms. The molecular formula is C30H21BrN2S. The highest BCUT2D eigenvalue weighted by atomic mass is 79.9. The number of rotatable bonds is 3. The van der Waals surface area contributed by atoms with E-state index in [2.05, 4.69) is 114 Å². The van der Waals surface area contributed by atoms with Gasteiger partial charge in [-0.25, -0.2) is 9.97 Å². The van der Waals surface area contributed by atoms with Crippen molar-refractivity contribution in [3.8, 4) is 22.5 Å². The van der Waals surface area contributed by atoms with E-state index >= 15 is 0 Å². The van der Waals surface area contributed by atoms with Gasteiger partial charge in [0.15, 0.2) is 5.82 Å². The molecule has 1 aliphatic carbocycles. The quantitative estimate of drug-likeness (QED) is 0.237. The van der Waals surface area contributed by atoms with E-state index in [-0.39, 0.29) is 5.92 Å². The van der Waals surface area contributed by atoms with Gasteiger partial charge < -0.3 is 0 Å². The first-order chi connectivity index (χ1) is 16.7. The number of thiophene rings is 1. The van der Waals surface area contributed by atoms with E-state index in [1.165, 1.54) is 20.5 Å². The molecule has 0 fully saturated rings. The van der Waals surface area contributed by atoms with Gasteiger partial charge in [-0.15, -0.1) is 11.3 Å². The van der Waals surface area contributed by atoms with Crippen LogP contribution in [0.1, 0.15) is 23.2 Å². The van der Waals surface area contributed by atoms with E-state index in [1.54, 1.807) is 0 Å². The molecule has 0 saturated carbocycles. The first-order valence-electron chi connectivity index (χ1n) is 11.3. The van der Waals surface area contributed by atoms with E-state index in [1.807, 2.05) is 23.5 Å². The zero-order chi connectivity index (χ0) is 23.1. The van der Waals surface area contributed by atoms with Crippen molar-refractivity contribution < 1.29 is 0 Å². The van der Waals surface area contributed by atoms with Crippen LogP contribution in [-0.2, 0) is 0 Å². The Morgan fingerprint density at radius 2 is 1.44 bits per heavy atom. The van der Waals surface area contributed by atoms with Crippen molar-refractivity contribution in [3.05, 3.63) is 118 Å². The molecule has 4 heteroatoms. The second-order valence-corrected chi connectivity index (χ2v) is 10.5. The van der Waals surface area contributed by atoms with E-state index in [0.717, 1.165) is 38.4 Å². The Balaban J connectivity index is 1.63. The molecule has 6 rings (SSSR count). The third kappa shape index (κ3) is 3.93. The fourth-order valence-corrected chi connectivity index (χ4v) is 5.87. The molecule has 2 heterocycles. The largest absolute Gasteiger partial charge is 0.228 e. The Bertz CT molecular complexity index is 1510. The average molecular weight is 521 g/mol. The summed E-state index contributed by atoms with van der Waals surface area (Å²) in [5.41, 5.74) is 6.33. The fourth-order valence-electron chi connectivity index (χ4n) is 4.39. The van der Waals surface area contributed by atoms with Gasteiger partial charge in [0, 0.05) is 41.7 Å². The van der Waals surface area contributed by atoms with E-state index in [0.29, 0.717) is 0 Å². The normalized spacial score (nSPS) is 15.1. The summed E-state index contributed by atoms with van der Waals surface area (Å²) in [5.74, 6) is 1.04. The lowest BCUT2D eigenvalue weighted by atomic mass is 9.98. The summed E-state index contributed by atoms with van der Waals surface area (Å²) in [5, 5.41) is 1.23. The Labute approximate surface area is 211 Å². The fraction of sp³-hybridized carbons (Fsp3) is 0.0667. The first kappa shape index (κ1) is 21.2. The maximum atomic E-state index is 5.12. The number of hydrogen-bond acceptors (Lipinski definition) is 3. The van der Waals surface area contributed by atoms with E-state index in [4.69, 9.17) is 9.97 Å². The van der Waals surface area contributed by atoms with Gasteiger partial charge >= 0.3 is 0 Å². The monoisotopic (exact) mass is 520 g/mol. The highest BCUT2D eigenvalue weighted by Gasteiger charge is 2.22. The minimum Gasteiger partial charge on any atom is -0.228 e. The van der Waals surface area contributed by atoms with Crippen LogP contribution in [0.3, 0.4) is 0 Å². The van der Waals surface area contributed by atoms with Gasteiger partial charge in [-0.05, 0) is 36.3 Å². The number of allylic oxidation sites excluding steroid dienone is 2. The summed E-state index contributed by atoms with van der Waals surface area (Å²) < 4.78 is 2.34. The van der Waals surface area contributed by atoms with Gasteiger partial charge in [0.1, 0.15) is 0 Å². The van der Waals surface area contributed by atoms with Gasteiger partial charge in [-0.3, -0.25) is 0 Å². The van der Waals surface area contributed by atoms with Gasteiger partial charge in [0.05, 0.1) is 11.4 Å². The van der Waals surface area contributed by atoms with Crippen LogP contribution in [0.15, 0.2) is 102 Å². The lowest BCUT2D eigenvalue weighted by Gasteiger charge is -2.13. The molecule has 0 saturated heterocycles. The summed E-state index contributed by atoms with van der Waals surface area (Å²) in [6.07, 6.45) is 6.81. The van der Waals surface area contributed by atoms with Crippen molar-refractivity contribution >= 4 is 49.0 Å². The molecule has 1 aliphatic rings. The molecule has 34 heavy (non-hydrogen) atoms. The lowest BCUT2D eigenvalue weighted by molar-refractivity contribution is 0.947. The van der Waals surface area contributed by atoms with Gasteiger partial charge in [-0.1, -0.05) is 95.7 Å². The van der Waals surface area contributed by atoms with Gasteiger partial charge in [0.25, 0.3) is 0 Å². The second kappa shape index (κ2) is 8.79. The second-order valence-electron chi connectivity index (χ2n) is 8.47. The number of hydrogen-bond donors (Lipinski definition) is 0. The van der Waals surface area contributed by atoms with E-state index in [9.17, 15) is 0 Å². The maximum absolute atomic E-state index is 5.12. The molecule has 2 aromatic heterocycles. The van der Waals surface area contributed by atoms with Crippen molar-refractivity contribution in [2.45, 2.75) is 6.92 Å². The number of nitrogens with zero attached hydrogens (tertiary/aromatic N) is 2. The average Bonchev–Trinajstić information content (AvgIpc) is 3.15. The van der Waals surface area contributed by atoms with Crippen LogP contribution in [0.2, 0.25) is 0 Å². The molecule has 164 valence electrons. The summed E-state index contributed by atoms with van der Waals surface area (Å²) in [7, 11) is 0. The lowest BCUT2D eigenvalue weighted by Crippen LogP contribution is -2.01. The van der Waals surface area contributed by atoms with E-state index < -0.39 is 0 Å². The van der Waals surface area contributed by atoms with Crippen LogP contribution >= 0.6 is 27.3 Å². The Morgan fingerprint density at radius 1 is 0.794 bits per heavy atom. The highest BCUT2D eigenvalue weighted by molar-refractivity contribution is 9.10. The SMILES string of the molecule is C[C@H]1C=Cc2sc3ccc(Br)cc3c2C(c2nc(-c3ccccc3)cc(-c3ccccc3)n2)=C1. The molecule has 0 amide bonds. The Morgan fingerprint density at radius 3 is 2.09 bits per heavy atom. The summed E-state index contributed by atoms with van der Waals surface area (Å²) in [6.45, 7) is 2.21. The van der Waals surface area contributed by atoms with Crippen LogP contribution in [0.4, 0.5) is 0 Å². The van der Waals surface area contributed by atoms with Crippen molar-refractivity contribution in [3.63, 3.8) is 0 Å². The Kier molecular flexibility index (Phi) is 5.48. The van der Waals surface area contributed by atoms with Crippen LogP contribution in [-0.4, -0.2) is 9.97 Å². The molecule has 2 nitrogen and oxygen atoms in total. The van der Waals surface area contributed by atoms with Crippen molar-refractivity contribution in [1.82, 2.24) is 9.97 Å². The molecule has 0 bridgehead atoms. The number of benzene rings is 3. The third-order valence-corrected chi connectivity index (χ3v) is 7.66. The van der Waals surface area contributed by atoms with Crippen molar-refractivity contribution in [1.29, 1.82) is 0 Å². The number of aromatic nitrogens is 2. The molecular weight excluding hydrogens is 500 g/mol. The zero-order valence-corrected chi connectivity index (χ0v) is 21.0. The summed E-state index contributed by atoms with van der Waals surface area (Å²) in [4.78, 5) is 11.5.